The van der Waals surface area contributed by atoms with Crippen molar-refractivity contribution in [3.63, 3.8) is 0 Å². The van der Waals surface area contributed by atoms with E-state index in [1.165, 1.54) is 12.8 Å². The quantitative estimate of drug-likeness (QED) is 0.658. The molecule has 1 saturated carbocycles. The topological polar surface area (TPSA) is 85.3 Å². The molecule has 1 aromatic rings. The molecule has 0 amide bonds. The summed E-state index contributed by atoms with van der Waals surface area (Å²) in [6, 6.07) is 3.47. The second-order valence-corrected chi connectivity index (χ2v) is 5.98. The zero-order valence-corrected chi connectivity index (χ0v) is 11.7. The highest BCUT2D eigenvalue weighted by molar-refractivity contribution is 5.59. The van der Waals surface area contributed by atoms with Gasteiger partial charge in [0.15, 0.2) is 0 Å². The monoisotopic (exact) mass is 276 g/mol. The fourth-order valence-electron chi connectivity index (χ4n) is 3.60. The molecule has 2 aliphatic rings. The Labute approximate surface area is 118 Å². The number of aromatic nitrogens is 1. The van der Waals surface area contributed by atoms with E-state index in [0.717, 1.165) is 25.2 Å². The first-order valence-corrected chi connectivity index (χ1v) is 7.19. The molecule has 20 heavy (non-hydrogen) atoms. The Morgan fingerprint density at radius 2 is 2.20 bits per heavy atom. The summed E-state index contributed by atoms with van der Waals surface area (Å²) < 4.78 is 0. The predicted octanol–water partition coefficient (Wildman–Crippen LogP) is 1.86. The van der Waals surface area contributed by atoms with E-state index < -0.39 is 0 Å². The van der Waals surface area contributed by atoms with Crippen LogP contribution in [0.1, 0.15) is 25.0 Å². The van der Waals surface area contributed by atoms with Crippen LogP contribution in [-0.2, 0) is 0 Å². The number of hydrogen-bond acceptors (Lipinski definition) is 5. The highest BCUT2D eigenvalue weighted by Crippen LogP contribution is 2.39. The number of nitrogens with two attached hydrogens (primary N) is 1. The van der Waals surface area contributed by atoms with Crippen molar-refractivity contribution in [1.29, 1.82) is 0 Å². The summed E-state index contributed by atoms with van der Waals surface area (Å²) in [5.74, 6) is 1.52. The van der Waals surface area contributed by atoms with Crippen LogP contribution in [0.3, 0.4) is 0 Å². The summed E-state index contributed by atoms with van der Waals surface area (Å²) in [5.41, 5.74) is 7.12. The lowest BCUT2D eigenvalue weighted by Crippen LogP contribution is -2.38. The van der Waals surface area contributed by atoms with Crippen LogP contribution in [0.25, 0.3) is 0 Å². The van der Waals surface area contributed by atoms with Crippen molar-refractivity contribution in [2.45, 2.75) is 32.2 Å². The first kappa shape index (κ1) is 13.3. The fourth-order valence-corrected chi connectivity index (χ4v) is 3.60. The van der Waals surface area contributed by atoms with E-state index in [1.807, 2.05) is 6.92 Å². The van der Waals surface area contributed by atoms with Gasteiger partial charge in [-0.05, 0) is 37.7 Å². The predicted molar refractivity (Wildman–Crippen MR) is 76.6 cm³/mol. The van der Waals surface area contributed by atoms with Gasteiger partial charge >= 0.3 is 5.69 Å². The average molecular weight is 276 g/mol. The van der Waals surface area contributed by atoms with Gasteiger partial charge in [-0.25, -0.2) is 4.98 Å². The normalized spacial score (nSPS) is 29.3. The molecule has 1 aromatic heterocycles. The highest BCUT2D eigenvalue weighted by Gasteiger charge is 2.40. The first-order chi connectivity index (χ1) is 9.56. The summed E-state index contributed by atoms with van der Waals surface area (Å²) in [4.78, 5) is 17.3. The van der Waals surface area contributed by atoms with Crippen LogP contribution >= 0.6 is 0 Å². The van der Waals surface area contributed by atoms with E-state index in [1.54, 1.807) is 12.1 Å². The molecule has 0 bridgehead atoms. The molecule has 1 aliphatic carbocycles. The molecule has 0 aromatic carbocycles. The molecule has 6 heteroatoms. The van der Waals surface area contributed by atoms with Gasteiger partial charge in [0.05, 0.1) is 4.92 Å². The lowest BCUT2D eigenvalue weighted by atomic mass is 9.78. The number of nitro groups is 1. The number of hydrogen-bond donors (Lipinski definition) is 1. The van der Waals surface area contributed by atoms with Crippen LogP contribution in [0.2, 0.25) is 0 Å². The van der Waals surface area contributed by atoms with Crippen molar-refractivity contribution in [2.75, 3.05) is 18.0 Å². The van der Waals surface area contributed by atoms with Crippen LogP contribution < -0.4 is 10.6 Å². The van der Waals surface area contributed by atoms with Crippen LogP contribution in [0.5, 0.6) is 0 Å². The maximum atomic E-state index is 11.2. The lowest BCUT2D eigenvalue weighted by molar-refractivity contribution is -0.384. The van der Waals surface area contributed by atoms with E-state index in [4.69, 9.17) is 5.73 Å². The van der Waals surface area contributed by atoms with Crippen molar-refractivity contribution in [3.05, 3.63) is 27.9 Å². The lowest BCUT2D eigenvalue weighted by Gasteiger charge is -2.29. The van der Waals surface area contributed by atoms with E-state index >= 15 is 0 Å². The Hall–Kier alpha value is -1.69. The molecule has 2 heterocycles. The molecule has 108 valence electrons. The number of anilines is 1. The summed E-state index contributed by atoms with van der Waals surface area (Å²) in [6.07, 6.45) is 3.41. The van der Waals surface area contributed by atoms with Crippen LogP contribution in [0.15, 0.2) is 12.1 Å². The number of fused-ring (bicyclic) bond motifs is 1. The largest absolute Gasteiger partial charge is 0.350 e. The highest BCUT2D eigenvalue weighted by atomic mass is 16.6. The van der Waals surface area contributed by atoms with Crippen molar-refractivity contribution in [3.8, 4) is 0 Å². The third-order valence-electron chi connectivity index (χ3n) is 4.64. The van der Waals surface area contributed by atoms with Crippen LogP contribution in [0, 0.1) is 28.9 Å². The summed E-state index contributed by atoms with van der Waals surface area (Å²) in [5, 5.41) is 11.2. The third-order valence-corrected chi connectivity index (χ3v) is 4.64. The number of pyridine rings is 1. The smallest absolute Gasteiger partial charge is 0.311 e. The Balaban J connectivity index is 1.90. The Kier molecular flexibility index (Phi) is 3.33. The minimum Gasteiger partial charge on any atom is -0.350 e. The van der Waals surface area contributed by atoms with Gasteiger partial charge in [0.25, 0.3) is 0 Å². The number of aryl methyl sites for hydroxylation is 1. The molecule has 0 spiro atoms. The maximum Gasteiger partial charge on any atom is 0.311 e. The second kappa shape index (κ2) is 5.01. The Morgan fingerprint density at radius 3 is 2.90 bits per heavy atom. The maximum absolute atomic E-state index is 11.2. The molecule has 6 nitrogen and oxygen atoms in total. The molecular weight excluding hydrogens is 256 g/mol. The molecule has 3 unspecified atom stereocenters. The van der Waals surface area contributed by atoms with Crippen LogP contribution in [-0.4, -0.2) is 29.0 Å². The molecule has 3 rings (SSSR count). The third kappa shape index (κ3) is 2.24. The summed E-state index contributed by atoms with van der Waals surface area (Å²) in [6.45, 7) is 3.50. The van der Waals surface area contributed by atoms with Crippen LogP contribution in [0.4, 0.5) is 11.5 Å². The van der Waals surface area contributed by atoms with Crippen molar-refractivity contribution < 1.29 is 4.92 Å². The molecule has 3 atom stereocenters. The average Bonchev–Trinajstić information content (AvgIpc) is 2.83. The van der Waals surface area contributed by atoms with Crippen molar-refractivity contribution in [1.82, 2.24) is 4.98 Å². The van der Waals surface area contributed by atoms with E-state index in [2.05, 4.69) is 9.88 Å². The van der Waals surface area contributed by atoms with E-state index in [0.29, 0.717) is 17.7 Å². The van der Waals surface area contributed by atoms with Gasteiger partial charge in [-0.2, -0.15) is 0 Å². The van der Waals surface area contributed by atoms with Crippen molar-refractivity contribution in [2.24, 2.45) is 17.6 Å². The molecule has 2 fully saturated rings. The standard InChI is InChI=1S/C14H20N4O2/c1-9-5-6-13(18(19)20)14(16-9)17-7-10-3-2-4-12(15)11(10)8-17/h5-6,10-12H,2-4,7-8,15H2,1H3. The molecule has 0 radical (unpaired) electrons. The molecule has 2 N–H and O–H groups in total. The Bertz CT molecular complexity index is 534. The minimum atomic E-state index is -0.344. The zero-order chi connectivity index (χ0) is 14.3. The summed E-state index contributed by atoms with van der Waals surface area (Å²) in [7, 11) is 0. The minimum absolute atomic E-state index is 0.0998. The van der Waals surface area contributed by atoms with E-state index in [-0.39, 0.29) is 16.7 Å². The van der Waals surface area contributed by atoms with Gasteiger partial charge in [0, 0.05) is 30.9 Å². The van der Waals surface area contributed by atoms with Gasteiger partial charge in [-0.3, -0.25) is 10.1 Å². The van der Waals surface area contributed by atoms with Gasteiger partial charge in [-0.1, -0.05) is 6.42 Å². The SMILES string of the molecule is Cc1ccc([N+](=O)[O-])c(N2CC3CCCC(N)C3C2)n1. The fraction of sp³-hybridized carbons (Fsp3) is 0.643. The summed E-state index contributed by atoms with van der Waals surface area (Å²) >= 11 is 0. The Morgan fingerprint density at radius 1 is 1.40 bits per heavy atom. The van der Waals surface area contributed by atoms with Crippen molar-refractivity contribution >= 4 is 11.5 Å². The molecule has 1 saturated heterocycles. The first-order valence-electron chi connectivity index (χ1n) is 7.19. The van der Waals surface area contributed by atoms with Gasteiger partial charge in [0.2, 0.25) is 5.82 Å². The number of rotatable bonds is 2. The van der Waals surface area contributed by atoms with Gasteiger partial charge in [0.1, 0.15) is 0 Å². The second-order valence-electron chi connectivity index (χ2n) is 5.98. The molecule has 1 aliphatic heterocycles. The zero-order valence-electron chi connectivity index (χ0n) is 11.7. The number of nitrogens with zero attached hydrogens (tertiary/aromatic N) is 3. The van der Waals surface area contributed by atoms with Gasteiger partial charge < -0.3 is 10.6 Å². The molecular formula is C14H20N4O2. The van der Waals surface area contributed by atoms with E-state index in [9.17, 15) is 10.1 Å². The van der Waals surface area contributed by atoms with Gasteiger partial charge in [-0.15, -0.1) is 0 Å².